The molecule has 0 saturated heterocycles. The molecule has 0 amide bonds. The van der Waals surface area contributed by atoms with Gasteiger partial charge in [-0.15, -0.1) is 5.10 Å². The number of aromatic nitrogens is 3. The maximum atomic E-state index is 10.3. The van der Waals surface area contributed by atoms with Gasteiger partial charge in [0.1, 0.15) is 5.75 Å². The molecule has 0 aliphatic carbocycles. The third-order valence-electron chi connectivity index (χ3n) is 3.56. The molecule has 106 valence electrons. The van der Waals surface area contributed by atoms with Gasteiger partial charge in [-0.2, -0.15) is 0 Å². The number of rotatable bonds is 2. The summed E-state index contributed by atoms with van der Waals surface area (Å²) in [6.45, 7) is 0. The van der Waals surface area contributed by atoms with Gasteiger partial charge in [-0.05, 0) is 12.1 Å². The Morgan fingerprint density at radius 2 is 1.55 bits per heavy atom. The topological polar surface area (TPSA) is 50.9 Å². The van der Waals surface area contributed by atoms with Crippen LogP contribution in [-0.2, 0) is 0 Å². The van der Waals surface area contributed by atoms with Gasteiger partial charge in [0.05, 0.1) is 16.8 Å². The highest BCUT2D eigenvalue weighted by molar-refractivity contribution is 5.84. The molecule has 2 heterocycles. The lowest BCUT2D eigenvalue weighted by atomic mass is 10.1. The van der Waals surface area contributed by atoms with E-state index in [-0.39, 0.29) is 5.75 Å². The Kier molecular flexibility index (Phi) is 2.86. The smallest absolute Gasteiger partial charge is 0.185 e. The van der Waals surface area contributed by atoms with E-state index in [4.69, 9.17) is 0 Å². The maximum absolute atomic E-state index is 10.3. The van der Waals surface area contributed by atoms with E-state index in [1.165, 1.54) is 0 Å². The maximum Gasteiger partial charge on any atom is 0.185 e. The van der Waals surface area contributed by atoms with Gasteiger partial charge in [-0.3, -0.25) is 0 Å². The van der Waals surface area contributed by atoms with E-state index in [0.29, 0.717) is 16.7 Å². The van der Waals surface area contributed by atoms with Crippen LogP contribution in [0, 0.1) is 0 Å². The van der Waals surface area contributed by atoms with Crippen molar-refractivity contribution in [2.45, 2.75) is 0 Å². The molecule has 0 fully saturated rings. The van der Waals surface area contributed by atoms with Crippen molar-refractivity contribution in [2.24, 2.45) is 0 Å². The Morgan fingerprint density at radius 3 is 2.27 bits per heavy atom. The summed E-state index contributed by atoms with van der Waals surface area (Å²) in [5, 5.41) is 15.4. The SMILES string of the molecule is Oc1cc(-c2ccccc2)nc2nn(-c3ccccc3)cc12. The van der Waals surface area contributed by atoms with Gasteiger partial charge in [-0.25, -0.2) is 9.67 Å². The highest BCUT2D eigenvalue weighted by Gasteiger charge is 2.11. The van der Waals surface area contributed by atoms with E-state index >= 15 is 0 Å². The first-order valence-electron chi connectivity index (χ1n) is 7.01. The van der Waals surface area contributed by atoms with Crippen molar-refractivity contribution in [1.29, 1.82) is 0 Å². The average Bonchev–Trinajstić information content (AvgIpc) is 3.01. The second-order valence-corrected chi connectivity index (χ2v) is 5.04. The first-order valence-corrected chi connectivity index (χ1v) is 7.01. The number of hydrogen-bond acceptors (Lipinski definition) is 3. The summed E-state index contributed by atoms with van der Waals surface area (Å²) in [5.41, 5.74) is 3.13. The average molecular weight is 287 g/mol. The predicted molar refractivity (Wildman–Crippen MR) is 86.0 cm³/mol. The summed E-state index contributed by atoms with van der Waals surface area (Å²) >= 11 is 0. The van der Waals surface area contributed by atoms with Gasteiger partial charge in [0.25, 0.3) is 0 Å². The van der Waals surface area contributed by atoms with Gasteiger partial charge in [0.15, 0.2) is 5.65 Å². The lowest BCUT2D eigenvalue weighted by Crippen LogP contribution is -1.93. The third kappa shape index (κ3) is 2.11. The normalized spacial score (nSPS) is 10.9. The van der Waals surface area contributed by atoms with E-state index in [2.05, 4.69) is 10.1 Å². The van der Waals surface area contributed by atoms with Crippen LogP contribution in [0.1, 0.15) is 0 Å². The molecular weight excluding hydrogens is 274 g/mol. The lowest BCUT2D eigenvalue weighted by molar-refractivity contribution is 0.481. The third-order valence-corrected chi connectivity index (χ3v) is 3.56. The molecule has 22 heavy (non-hydrogen) atoms. The van der Waals surface area contributed by atoms with Crippen molar-refractivity contribution in [1.82, 2.24) is 14.8 Å². The number of nitrogens with zero attached hydrogens (tertiary/aromatic N) is 3. The van der Waals surface area contributed by atoms with Crippen molar-refractivity contribution in [3.63, 3.8) is 0 Å². The molecule has 2 aromatic heterocycles. The molecule has 0 unspecified atom stereocenters. The predicted octanol–water partition coefficient (Wildman–Crippen LogP) is 3.79. The zero-order chi connectivity index (χ0) is 14.9. The van der Waals surface area contributed by atoms with Crippen molar-refractivity contribution >= 4 is 11.0 Å². The molecule has 0 bridgehead atoms. The van der Waals surface area contributed by atoms with Crippen LogP contribution in [0.15, 0.2) is 72.9 Å². The second kappa shape index (κ2) is 5.00. The molecule has 4 nitrogen and oxygen atoms in total. The fourth-order valence-corrected chi connectivity index (χ4v) is 2.45. The Hall–Kier alpha value is -3.14. The summed E-state index contributed by atoms with van der Waals surface area (Å²) < 4.78 is 1.73. The minimum atomic E-state index is 0.186. The summed E-state index contributed by atoms with van der Waals surface area (Å²) in [6.07, 6.45) is 1.79. The molecule has 0 atom stereocenters. The molecule has 0 radical (unpaired) electrons. The first-order chi connectivity index (χ1) is 10.8. The molecule has 0 aliphatic rings. The van der Waals surface area contributed by atoms with Gasteiger partial charge in [-0.1, -0.05) is 48.5 Å². The Labute approximate surface area is 127 Å². The van der Waals surface area contributed by atoms with Crippen LogP contribution < -0.4 is 0 Å². The molecule has 4 rings (SSSR count). The minimum absolute atomic E-state index is 0.186. The van der Waals surface area contributed by atoms with Gasteiger partial charge in [0.2, 0.25) is 0 Å². The van der Waals surface area contributed by atoms with Crippen LogP contribution in [0.25, 0.3) is 28.0 Å². The van der Waals surface area contributed by atoms with Crippen LogP contribution >= 0.6 is 0 Å². The Bertz CT molecular complexity index is 931. The fourth-order valence-electron chi connectivity index (χ4n) is 2.45. The highest BCUT2D eigenvalue weighted by atomic mass is 16.3. The van der Waals surface area contributed by atoms with E-state index < -0.39 is 0 Å². The van der Waals surface area contributed by atoms with Crippen molar-refractivity contribution in [2.75, 3.05) is 0 Å². The van der Waals surface area contributed by atoms with Crippen LogP contribution in [-0.4, -0.2) is 19.9 Å². The molecular formula is C18H13N3O. The van der Waals surface area contributed by atoms with E-state index in [1.54, 1.807) is 16.9 Å². The molecule has 1 N–H and O–H groups in total. The molecule has 2 aromatic carbocycles. The van der Waals surface area contributed by atoms with E-state index in [9.17, 15) is 5.11 Å². The zero-order valence-electron chi connectivity index (χ0n) is 11.7. The summed E-state index contributed by atoms with van der Waals surface area (Å²) in [4.78, 5) is 4.56. The zero-order valence-corrected chi connectivity index (χ0v) is 11.7. The molecule has 4 aromatic rings. The van der Waals surface area contributed by atoms with Crippen LogP contribution in [0.3, 0.4) is 0 Å². The summed E-state index contributed by atoms with van der Waals surface area (Å²) in [5.74, 6) is 0.186. The van der Waals surface area contributed by atoms with Crippen LogP contribution in [0.2, 0.25) is 0 Å². The van der Waals surface area contributed by atoms with Crippen molar-refractivity contribution in [3.8, 4) is 22.7 Å². The minimum Gasteiger partial charge on any atom is -0.507 e. The summed E-state index contributed by atoms with van der Waals surface area (Å²) in [6, 6.07) is 21.2. The summed E-state index contributed by atoms with van der Waals surface area (Å²) in [7, 11) is 0. The number of para-hydroxylation sites is 1. The van der Waals surface area contributed by atoms with Crippen LogP contribution in [0.4, 0.5) is 0 Å². The standard InChI is InChI=1S/C18H13N3O/c22-17-11-16(13-7-3-1-4-8-13)19-18-15(17)12-21(20-18)14-9-5-2-6-10-14/h1-12,22H. The second-order valence-electron chi connectivity index (χ2n) is 5.04. The van der Waals surface area contributed by atoms with Gasteiger partial charge >= 0.3 is 0 Å². The number of aromatic hydroxyl groups is 1. The quantitative estimate of drug-likeness (QED) is 0.610. The van der Waals surface area contributed by atoms with Crippen LogP contribution in [0.5, 0.6) is 5.75 Å². The fraction of sp³-hybridized carbons (Fsp3) is 0. The Balaban J connectivity index is 1.88. The van der Waals surface area contributed by atoms with Gasteiger partial charge in [0, 0.05) is 17.8 Å². The number of pyridine rings is 1. The lowest BCUT2D eigenvalue weighted by Gasteiger charge is -2.01. The largest absolute Gasteiger partial charge is 0.507 e. The number of hydrogen-bond donors (Lipinski definition) is 1. The monoisotopic (exact) mass is 287 g/mol. The first kappa shape index (κ1) is 12.6. The molecule has 4 heteroatoms. The Morgan fingerprint density at radius 1 is 0.864 bits per heavy atom. The molecule has 0 spiro atoms. The van der Waals surface area contributed by atoms with Crippen molar-refractivity contribution in [3.05, 3.63) is 72.9 Å². The van der Waals surface area contributed by atoms with Crippen molar-refractivity contribution < 1.29 is 5.11 Å². The number of benzene rings is 2. The highest BCUT2D eigenvalue weighted by Crippen LogP contribution is 2.29. The van der Waals surface area contributed by atoms with E-state index in [0.717, 1.165) is 11.3 Å². The number of fused-ring (bicyclic) bond motifs is 1. The van der Waals surface area contributed by atoms with Gasteiger partial charge < -0.3 is 5.11 Å². The van der Waals surface area contributed by atoms with E-state index in [1.807, 2.05) is 60.7 Å². The molecule has 0 aliphatic heterocycles. The molecule has 0 saturated carbocycles.